The summed E-state index contributed by atoms with van der Waals surface area (Å²) in [6.07, 6.45) is 7.82. The zero-order chi connectivity index (χ0) is 12.3. The number of carbonyl (C=O) groups excluding carboxylic acids is 1. The molecule has 0 spiro atoms. The lowest BCUT2D eigenvalue weighted by Gasteiger charge is -2.28. The van der Waals surface area contributed by atoms with Crippen LogP contribution in [0.25, 0.3) is 0 Å². The van der Waals surface area contributed by atoms with E-state index in [4.69, 9.17) is 5.73 Å². The normalized spacial score (nSPS) is 24.8. The maximum Gasteiger partial charge on any atom is 0.234 e. The van der Waals surface area contributed by atoms with Gasteiger partial charge in [0.1, 0.15) is 5.82 Å². The molecule has 1 saturated heterocycles. The Morgan fingerprint density at radius 1 is 1.71 bits per heavy atom. The summed E-state index contributed by atoms with van der Waals surface area (Å²) in [4.78, 5) is 15.4. The lowest BCUT2D eigenvalue weighted by molar-refractivity contribution is -0.120. The van der Waals surface area contributed by atoms with Crippen LogP contribution in [-0.4, -0.2) is 28.0 Å². The Morgan fingerprint density at radius 3 is 3.18 bits per heavy atom. The number of hydrogen-bond acceptors (Lipinski definition) is 3. The molecule has 17 heavy (non-hydrogen) atoms. The van der Waals surface area contributed by atoms with Crippen LogP contribution in [0.2, 0.25) is 0 Å². The van der Waals surface area contributed by atoms with Crippen molar-refractivity contribution in [1.29, 1.82) is 0 Å². The molecular formula is C12H20N4O. The third-order valence-corrected chi connectivity index (χ3v) is 3.55. The third-order valence-electron chi connectivity index (χ3n) is 3.55. The number of nitrogens with one attached hydrogen (secondary N) is 1. The molecule has 0 aliphatic carbocycles. The number of carbonyl (C=O) groups is 1. The maximum atomic E-state index is 11.1. The van der Waals surface area contributed by atoms with E-state index in [-0.39, 0.29) is 11.9 Å². The summed E-state index contributed by atoms with van der Waals surface area (Å²) in [5.41, 5.74) is 5.33. The molecule has 3 N–H and O–H groups in total. The minimum atomic E-state index is -0.230. The highest BCUT2D eigenvalue weighted by atomic mass is 16.1. The first-order chi connectivity index (χ1) is 8.16. The van der Waals surface area contributed by atoms with Gasteiger partial charge in [-0.3, -0.25) is 4.79 Å². The molecule has 1 aliphatic rings. The number of nitrogens with zero attached hydrogens (tertiary/aromatic N) is 2. The molecule has 1 aliphatic heterocycles. The zero-order valence-electron chi connectivity index (χ0n) is 10.2. The fraction of sp³-hybridized carbons (Fsp3) is 0.667. The van der Waals surface area contributed by atoms with Gasteiger partial charge in [0, 0.05) is 25.9 Å². The smallest absolute Gasteiger partial charge is 0.234 e. The Balaban J connectivity index is 1.83. The first-order valence-corrected chi connectivity index (χ1v) is 6.15. The molecule has 2 heterocycles. The molecule has 2 atom stereocenters. The number of rotatable bonds is 4. The molecule has 0 aromatic carbocycles. The molecule has 0 saturated carbocycles. The first kappa shape index (κ1) is 12.1. The van der Waals surface area contributed by atoms with Crippen molar-refractivity contribution in [3.8, 4) is 0 Å². The van der Waals surface area contributed by atoms with E-state index < -0.39 is 0 Å². The van der Waals surface area contributed by atoms with E-state index in [1.165, 1.54) is 0 Å². The van der Waals surface area contributed by atoms with E-state index in [0.29, 0.717) is 5.92 Å². The number of nitrogens with two attached hydrogens (primary N) is 1. The Morgan fingerprint density at radius 2 is 2.53 bits per heavy atom. The van der Waals surface area contributed by atoms with Gasteiger partial charge in [0.25, 0.3) is 0 Å². The summed E-state index contributed by atoms with van der Waals surface area (Å²) in [5.74, 6) is 1.45. The van der Waals surface area contributed by atoms with Crippen molar-refractivity contribution in [2.75, 3.05) is 6.54 Å². The second-order valence-electron chi connectivity index (χ2n) is 4.79. The second-order valence-corrected chi connectivity index (χ2v) is 4.79. The SMILES string of the molecule is Cn1ccnc1CCC1CCNC(C(N)=O)C1. The van der Waals surface area contributed by atoms with Crippen LogP contribution in [0.1, 0.15) is 25.1 Å². The molecule has 1 aromatic heterocycles. The van der Waals surface area contributed by atoms with Gasteiger partial charge in [-0.05, 0) is 31.7 Å². The zero-order valence-corrected chi connectivity index (χ0v) is 10.2. The van der Waals surface area contributed by atoms with Gasteiger partial charge in [0.05, 0.1) is 6.04 Å². The summed E-state index contributed by atoms with van der Waals surface area (Å²) in [6, 6.07) is -0.143. The molecule has 0 radical (unpaired) electrons. The minimum absolute atomic E-state index is 0.143. The average molecular weight is 236 g/mol. The van der Waals surface area contributed by atoms with Crippen LogP contribution in [0.15, 0.2) is 12.4 Å². The number of amides is 1. The fourth-order valence-corrected chi connectivity index (χ4v) is 2.45. The summed E-state index contributed by atoms with van der Waals surface area (Å²) in [7, 11) is 2.01. The quantitative estimate of drug-likeness (QED) is 0.784. The standard InChI is InChI=1S/C12H20N4O/c1-16-7-6-15-11(16)3-2-9-4-5-14-10(8-9)12(13)17/h6-7,9-10,14H,2-5,8H2,1H3,(H2,13,17). The molecule has 2 unspecified atom stereocenters. The van der Waals surface area contributed by atoms with Crippen molar-refractivity contribution in [2.24, 2.45) is 18.7 Å². The van der Waals surface area contributed by atoms with Crippen LogP contribution in [0.5, 0.6) is 0 Å². The second kappa shape index (κ2) is 5.31. The average Bonchev–Trinajstić information content (AvgIpc) is 2.72. The Bertz CT molecular complexity index is 388. The Hall–Kier alpha value is -1.36. The Labute approximate surface area is 101 Å². The summed E-state index contributed by atoms with van der Waals surface area (Å²) >= 11 is 0. The van der Waals surface area contributed by atoms with E-state index in [2.05, 4.69) is 10.3 Å². The largest absolute Gasteiger partial charge is 0.368 e. The number of aryl methyl sites for hydroxylation is 2. The van der Waals surface area contributed by atoms with Gasteiger partial charge in [-0.25, -0.2) is 4.98 Å². The van der Waals surface area contributed by atoms with Crippen LogP contribution < -0.4 is 11.1 Å². The van der Waals surface area contributed by atoms with Crippen molar-refractivity contribution >= 4 is 5.91 Å². The van der Waals surface area contributed by atoms with Crippen molar-refractivity contribution in [3.63, 3.8) is 0 Å². The van der Waals surface area contributed by atoms with E-state index in [0.717, 1.165) is 38.1 Å². The summed E-state index contributed by atoms with van der Waals surface area (Å²) < 4.78 is 2.05. The highest BCUT2D eigenvalue weighted by Crippen LogP contribution is 2.21. The maximum absolute atomic E-state index is 11.1. The highest BCUT2D eigenvalue weighted by Gasteiger charge is 2.24. The Kier molecular flexibility index (Phi) is 3.78. The molecule has 1 fully saturated rings. The van der Waals surface area contributed by atoms with Crippen LogP contribution in [-0.2, 0) is 18.3 Å². The van der Waals surface area contributed by atoms with Gasteiger partial charge in [-0.15, -0.1) is 0 Å². The predicted molar refractivity (Wildman–Crippen MR) is 65.2 cm³/mol. The number of imidazole rings is 1. The van der Waals surface area contributed by atoms with Gasteiger partial charge in [-0.1, -0.05) is 0 Å². The molecule has 5 nitrogen and oxygen atoms in total. The molecule has 1 aromatic rings. The van der Waals surface area contributed by atoms with Crippen LogP contribution >= 0.6 is 0 Å². The van der Waals surface area contributed by atoms with Gasteiger partial charge in [-0.2, -0.15) is 0 Å². The third kappa shape index (κ3) is 3.06. The fourth-order valence-electron chi connectivity index (χ4n) is 2.45. The van der Waals surface area contributed by atoms with Gasteiger partial charge in [0.15, 0.2) is 0 Å². The number of aromatic nitrogens is 2. The number of hydrogen-bond donors (Lipinski definition) is 2. The lowest BCUT2D eigenvalue weighted by Crippen LogP contribution is -2.46. The van der Waals surface area contributed by atoms with Crippen LogP contribution in [0.3, 0.4) is 0 Å². The van der Waals surface area contributed by atoms with E-state index >= 15 is 0 Å². The molecule has 5 heteroatoms. The van der Waals surface area contributed by atoms with E-state index in [9.17, 15) is 4.79 Å². The number of primary amides is 1. The minimum Gasteiger partial charge on any atom is -0.368 e. The topological polar surface area (TPSA) is 72.9 Å². The summed E-state index contributed by atoms with van der Waals surface area (Å²) in [6.45, 7) is 0.888. The highest BCUT2D eigenvalue weighted by molar-refractivity contribution is 5.79. The van der Waals surface area contributed by atoms with E-state index in [1.54, 1.807) is 0 Å². The van der Waals surface area contributed by atoms with Gasteiger partial charge >= 0.3 is 0 Å². The summed E-state index contributed by atoms with van der Waals surface area (Å²) in [5, 5.41) is 3.16. The monoisotopic (exact) mass is 236 g/mol. The van der Waals surface area contributed by atoms with Crippen molar-refractivity contribution < 1.29 is 4.79 Å². The molecule has 2 rings (SSSR count). The van der Waals surface area contributed by atoms with Crippen LogP contribution in [0.4, 0.5) is 0 Å². The molecule has 94 valence electrons. The first-order valence-electron chi connectivity index (χ1n) is 6.15. The van der Waals surface area contributed by atoms with Gasteiger partial charge < -0.3 is 15.6 Å². The molecule has 1 amide bonds. The van der Waals surface area contributed by atoms with Crippen LogP contribution in [0, 0.1) is 5.92 Å². The molecular weight excluding hydrogens is 216 g/mol. The van der Waals surface area contributed by atoms with E-state index in [1.807, 2.05) is 24.0 Å². The lowest BCUT2D eigenvalue weighted by atomic mass is 9.88. The van der Waals surface area contributed by atoms with Gasteiger partial charge in [0.2, 0.25) is 5.91 Å². The number of piperidine rings is 1. The predicted octanol–water partition coefficient (Wildman–Crippen LogP) is 0.206. The van der Waals surface area contributed by atoms with Crippen molar-refractivity contribution in [1.82, 2.24) is 14.9 Å². The van der Waals surface area contributed by atoms with Crippen molar-refractivity contribution in [3.05, 3.63) is 18.2 Å². The molecule has 0 bridgehead atoms. The van der Waals surface area contributed by atoms with Crippen molar-refractivity contribution in [2.45, 2.75) is 31.7 Å².